The van der Waals surface area contributed by atoms with Gasteiger partial charge in [-0.25, -0.2) is 9.59 Å². The zero-order valence-corrected chi connectivity index (χ0v) is 11.1. The molecule has 2 rings (SSSR count). The predicted octanol–water partition coefficient (Wildman–Crippen LogP) is 0.0979. The molecule has 0 aliphatic carbocycles. The van der Waals surface area contributed by atoms with Gasteiger partial charge in [-0.15, -0.1) is 0 Å². The van der Waals surface area contributed by atoms with Crippen molar-refractivity contribution in [2.75, 3.05) is 36.5 Å². The zero-order valence-electron chi connectivity index (χ0n) is 11.1. The second kappa shape index (κ2) is 5.79. The first-order chi connectivity index (χ1) is 9.50. The minimum absolute atomic E-state index is 0.317. The molecule has 0 spiro atoms. The van der Waals surface area contributed by atoms with E-state index in [1.54, 1.807) is 4.90 Å². The van der Waals surface area contributed by atoms with Crippen molar-refractivity contribution < 1.29 is 19.8 Å². The molecule has 1 aromatic rings. The molecule has 1 aromatic carbocycles. The van der Waals surface area contributed by atoms with Crippen LogP contribution in [0.1, 0.15) is 0 Å². The van der Waals surface area contributed by atoms with Crippen LogP contribution in [-0.4, -0.2) is 55.0 Å². The fraction of sp³-hybridized carbons (Fsp3) is 0.385. The van der Waals surface area contributed by atoms with Gasteiger partial charge in [-0.05, 0) is 12.1 Å². The molecular weight excluding hydrogens is 262 g/mol. The Labute approximate surface area is 116 Å². The topological polar surface area (TPSA) is 93.1 Å². The lowest BCUT2D eigenvalue weighted by Gasteiger charge is -2.35. The standard InChI is InChI=1S/C13H17N3O4/c1-15-6-7-16(10-5-3-2-4-9(10)15)13(20)14-8-11(17)12(18)19/h2-5,11,17H,6-8H2,1H3,(H,14,20)(H,18,19). The number of carboxylic acid groups (broad SMARTS) is 1. The van der Waals surface area contributed by atoms with Crippen LogP contribution in [0, 0.1) is 0 Å². The van der Waals surface area contributed by atoms with Gasteiger partial charge < -0.3 is 20.4 Å². The molecule has 108 valence electrons. The van der Waals surface area contributed by atoms with Crippen LogP contribution in [-0.2, 0) is 4.79 Å². The summed E-state index contributed by atoms with van der Waals surface area (Å²) in [5, 5.41) is 20.2. The van der Waals surface area contributed by atoms with Gasteiger partial charge in [-0.2, -0.15) is 0 Å². The van der Waals surface area contributed by atoms with E-state index in [9.17, 15) is 14.7 Å². The molecule has 1 aliphatic rings. The van der Waals surface area contributed by atoms with Gasteiger partial charge in [-0.3, -0.25) is 4.90 Å². The van der Waals surface area contributed by atoms with E-state index in [4.69, 9.17) is 5.11 Å². The molecule has 0 fully saturated rings. The van der Waals surface area contributed by atoms with Crippen molar-refractivity contribution in [1.82, 2.24) is 5.32 Å². The van der Waals surface area contributed by atoms with E-state index in [0.29, 0.717) is 13.1 Å². The van der Waals surface area contributed by atoms with Crippen molar-refractivity contribution in [3.63, 3.8) is 0 Å². The highest BCUT2D eigenvalue weighted by molar-refractivity contribution is 5.97. The van der Waals surface area contributed by atoms with Gasteiger partial charge in [0.05, 0.1) is 17.9 Å². The molecular formula is C13H17N3O4. The number of amides is 2. The summed E-state index contributed by atoms with van der Waals surface area (Å²) < 4.78 is 0. The maximum atomic E-state index is 12.1. The van der Waals surface area contributed by atoms with Crippen LogP contribution in [0.3, 0.4) is 0 Å². The molecule has 0 aromatic heterocycles. The normalized spacial score (nSPS) is 15.5. The lowest BCUT2D eigenvalue weighted by molar-refractivity contribution is -0.146. The largest absolute Gasteiger partial charge is 0.479 e. The monoisotopic (exact) mass is 279 g/mol. The summed E-state index contributed by atoms with van der Waals surface area (Å²) in [5.41, 5.74) is 1.70. The highest BCUT2D eigenvalue weighted by Crippen LogP contribution is 2.31. The number of rotatable bonds is 3. The van der Waals surface area contributed by atoms with Gasteiger partial charge in [0.1, 0.15) is 0 Å². The third-order valence-corrected chi connectivity index (χ3v) is 3.22. The van der Waals surface area contributed by atoms with E-state index in [1.807, 2.05) is 36.2 Å². The first kappa shape index (κ1) is 14.1. The Morgan fingerprint density at radius 2 is 1.95 bits per heavy atom. The van der Waals surface area contributed by atoms with Gasteiger partial charge in [0.2, 0.25) is 0 Å². The molecule has 1 heterocycles. The second-order valence-electron chi connectivity index (χ2n) is 4.60. The summed E-state index contributed by atoms with van der Waals surface area (Å²) in [4.78, 5) is 26.2. The third-order valence-electron chi connectivity index (χ3n) is 3.22. The van der Waals surface area contributed by atoms with Crippen molar-refractivity contribution in [1.29, 1.82) is 0 Å². The van der Waals surface area contributed by atoms with Gasteiger partial charge in [0.15, 0.2) is 6.10 Å². The van der Waals surface area contributed by atoms with E-state index in [-0.39, 0.29) is 6.54 Å². The van der Waals surface area contributed by atoms with E-state index in [0.717, 1.165) is 11.4 Å². The third kappa shape index (κ3) is 2.83. The van der Waals surface area contributed by atoms with Crippen molar-refractivity contribution in [2.45, 2.75) is 6.10 Å². The fourth-order valence-electron chi connectivity index (χ4n) is 2.08. The van der Waals surface area contributed by atoms with Crippen LogP contribution in [0.15, 0.2) is 24.3 Å². The first-order valence-corrected chi connectivity index (χ1v) is 6.27. The molecule has 7 nitrogen and oxygen atoms in total. The molecule has 1 atom stereocenters. The molecule has 0 radical (unpaired) electrons. The van der Waals surface area contributed by atoms with Crippen LogP contribution < -0.4 is 15.1 Å². The summed E-state index contributed by atoms with van der Waals surface area (Å²) in [6.07, 6.45) is -1.60. The van der Waals surface area contributed by atoms with Gasteiger partial charge in [0.25, 0.3) is 0 Å². The lowest BCUT2D eigenvalue weighted by atomic mass is 10.2. The number of hydrogen-bond donors (Lipinski definition) is 3. The smallest absolute Gasteiger partial charge is 0.334 e. The van der Waals surface area contributed by atoms with Crippen molar-refractivity contribution in [3.8, 4) is 0 Å². The SMILES string of the molecule is CN1CCN(C(=O)NCC(O)C(=O)O)c2ccccc21. The number of carbonyl (C=O) groups is 2. The Bertz CT molecular complexity index is 520. The number of nitrogens with one attached hydrogen (secondary N) is 1. The lowest BCUT2D eigenvalue weighted by Crippen LogP contribution is -2.49. The van der Waals surface area contributed by atoms with Crippen LogP contribution >= 0.6 is 0 Å². The Hall–Kier alpha value is -2.28. The summed E-state index contributed by atoms with van der Waals surface area (Å²) >= 11 is 0. The number of aliphatic hydroxyl groups excluding tert-OH is 1. The number of hydrogen-bond acceptors (Lipinski definition) is 4. The molecule has 3 N–H and O–H groups in total. The second-order valence-corrected chi connectivity index (χ2v) is 4.60. The van der Waals surface area contributed by atoms with Crippen LogP contribution in [0.25, 0.3) is 0 Å². The molecule has 20 heavy (non-hydrogen) atoms. The summed E-state index contributed by atoms with van der Waals surface area (Å²) in [6, 6.07) is 7.07. The van der Waals surface area contributed by atoms with Gasteiger partial charge in [-0.1, -0.05) is 12.1 Å². The van der Waals surface area contributed by atoms with Crippen molar-refractivity contribution >= 4 is 23.4 Å². The molecule has 7 heteroatoms. The number of para-hydroxylation sites is 2. The number of likely N-dealkylation sites (N-methyl/N-ethyl adjacent to an activating group) is 1. The summed E-state index contributed by atoms with van der Waals surface area (Å²) in [5.74, 6) is -1.36. The van der Waals surface area contributed by atoms with E-state index < -0.39 is 18.1 Å². The molecule has 0 bridgehead atoms. The minimum atomic E-state index is -1.60. The number of anilines is 2. The zero-order chi connectivity index (χ0) is 14.7. The number of nitrogens with zero attached hydrogens (tertiary/aromatic N) is 2. The van der Waals surface area contributed by atoms with Crippen LogP contribution in [0.2, 0.25) is 0 Å². The maximum Gasteiger partial charge on any atom is 0.334 e. The van der Waals surface area contributed by atoms with E-state index in [1.165, 1.54) is 0 Å². The van der Waals surface area contributed by atoms with E-state index in [2.05, 4.69) is 5.32 Å². The quantitative estimate of drug-likeness (QED) is 0.729. The van der Waals surface area contributed by atoms with Gasteiger partial charge in [0, 0.05) is 20.1 Å². The van der Waals surface area contributed by atoms with Crippen LogP contribution in [0.5, 0.6) is 0 Å². The highest BCUT2D eigenvalue weighted by Gasteiger charge is 2.25. The van der Waals surface area contributed by atoms with Crippen LogP contribution in [0.4, 0.5) is 16.2 Å². The predicted molar refractivity (Wildman–Crippen MR) is 74.1 cm³/mol. The highest BCUT2D eigenvalue weighted by atomic mass is 16.4. The molecule has 0 saturated heterocycles. The summed E-state index contributed by atoms with van der Waals surface area (Å²) in [7, 11) is 1.95. The number of carboxylic acids is 1. The number of aliphatic hydroxyl groups is 1. The number of carbonyl (C=O) groups excluding carboxylic acids is 1. The number of urea groups is 1. The van der Waals surface area contributed by atoms with Gasteiger partial charge >= 0.3 is 12.0 Å². The Morgan fingerprint density at radius 1 is 1.30 bits per heavy atom. The number of fused-ring (bicyclic) bond motifs is 1. The average Bonchev–Trinajstić information content (AvgIpc) is 2.45. The number of aliphatic carboxylic acids is 1. The summed E-state index contributed by atoms with van der Waals surface area (Å²) in [6.45, 7) is 0.872. The van der Waals surface area contributed by atoms with Crippen molar-refractivity contribution in [3.05, 3.63) is 24.3 Å². The maximum absolute atomic E-state index is 12.1. The Balaban J connectivity index is 2.08. The first-order valence-electron chi connectivity index (χ1n) is 6.27. The molecule has 2 amide bonds. The van der Waals surface area contributed by atoms with Crippen molar-refractivity contribution in [2.24, 2.45) is 0 Å². The average molecular weight is 279 g/mol. The fourth-order valence-corrected chi connectivity index (χ4v) is 2.08. The Kier molecular flexibility index (Phi) is 4.09. The molecule has 1 unspecified atom stereocenters. The minimum Gasteiger partial charge on any atom is -0.479 e. The number of benzene rings is 1. The van der Waals surface area contributed by atoms with E-state index >= 15 is 0 Å². The molecule has 1 aliphatic heterocycles. The Morgan fingerprint density at radius 3 is 2.60 bits per heavy atom. The molecule has 0 saturated carbocycles.